The maximum atomic E-state index is 11.7. The Morgan fingerprint density at radius 2 is 1.92 bits per heavy atom. The van der Waals surface area contributed by atoms with Crippen molar-refractivity contribution in [1.29, 1.82) is 0 Å². The summed E-state index contributed by atoms with van der Waals surface area (Å²) in [7, 11) is 1.38. The van der Waals surface area contributed by atoms with Crippen LogP contribution >= 0.6 is 0 Å². The lowest BCUT2D eigenvalue weighted by molar-refractivity contribution is 0.0601. The molecule has 1 aromatic heterocycles. The highest BCUT2D eigenvalue weighted by Crippen LogP contribution is 2.19. The molecular weight excluding hydrogens is 306 g/mol. The van der Waals surface area contributed by atoms with E-state index >= 15 is 0 Å². The quantitative estimate of drug-likeness (QED) is 0.708. The van der Waals surface area contributed by atoms with Gasteiger partial charge in [-0.15, -0.1) is 0 Å². The molecule has 0 radical (unpaired) electrons. The number of aliphatic hydroxyl groups excluding tert-OH is 1. The van der Waals surface area contributed by atoms with E-state index < -0.39 is 0 Å². The molecule has 0 spiro atoms. The van der Waals surface area contributed by atoms with Gasteiger partial charge in [0.15, 0.2) is 0 Å². The lowest BCUT2D eigenvalue weighted by atomic mass is 10.1. The van der Waals surface area contributed by atoms with Crippen LogP contribution in [0.1, 0.15) is 15.9 Å². The first-order valence-corrected chi connectivity index (χ1v) is 7.71. The molecule has 0 saturated heterocycles. The van der Waals surface area contributed by atoms with Crippen molar-refractivity contribution in [2.45, 2.75) is 13.2 Å². The number of aliphatic hydroxyl groups is 1. The number of benzene rings is 2. The van der Waals surface area contributed by atoms with Crippen molar-refractivity contribution in [1.82, 2.24) is 4.57 Å². The van der Waals surface area contributed by atoms with Gasteiger partial charge in [0.05, 0.1) is 25.8 Å². The fourth-order valence-corrected chi connectivity index (χ4v) is 2.58. The number of carbonyl (C=O) groups is 1. The van der Waals surface area contributed by atoms with Crippen molar-refractivity contribution in [3.8, 4) is 5.75 Å². The maximum Gasteiger partial charge on any atom is 0.337 e. The maximum absolute atomic E-state index is 11.7. The van der Waals surface area contributed by atoms with Gasteiger partial charge in [-0.25, -0.2) is 4.79 Å². The van der Waals surface area contributed by atoms with Gasteiger partial charge in [-0.3, -0.25) is 0 Å². The minimum absolute atomic E-state index is 0.0260. The molecule has 0 bridgehead atoms. The van der Waals surface area contributed by atoms with Crippen LogP contribution in [0.15, 0.2) is 54.7 Å². The van der Waals surface area contributed by atoms with Crippen LogP contribution < -0.4 is 4.74 Å². The minimum atomic E-state index is -0.343. The number of rotatable bonds is 6. The monoisotopic (exact) mass is 325 g/mol. The number of methoxy groups -OCH3 is 1. The smallest absolute Gasteiger partial charge is 0.337 e. The number of esters is 1. The zero-order valence-electron chi connectivity index (χ0n) is 13.4. The Hall–Kier alpha value is -2.79. The molecule has 5 nitrogen and oxygen atoms in total. The van der Waals surface area contributed by atoms with E-state index in [4.69, 9.17) is 14.6 Å². The fraction of sp³-hybridized carbons (Fsp3) is 0.211. The Labute approximate surface area is 140 Å². The van der Waals surface area contributed by atoms with Crippen LogP contribution in [0, 0.1) is 0 Å². The van der Waals surface area contributed by atoms with Crippen LogP contribution in [0.5, 0.6) is 5.75 Å². The average Bonchev–Trinajstić information content (AvgIpc) is 3.04. The summed E-state index contributed by atoms with van der Waals surface area (Å²) in [4.78, 5) is 11.7. The first-order valence-electron chi connectivity index (χ1n) is 7.71. The lowest BCUT2D eigenvalue weighted by Gasteiger charge is -2.09. The van der Waals surface area contributed by atoms with E-state index in [9.17, 15) is 4.79 Å². The van der Waals surface area contributed by atoms with Crippen molar-refractivity contribution in [2.24, 2.45) is 0 Å². The predicted molar refractivity (Wildman–Crippen MR) is 91.1 cm³/mol. The van der Waals surface area contributed by atoms with E-state index in [1.54, 1.807) is 6.07 Å². The first-order chi connectivity index (χ1) is 11.7. The summed E-state index contributed by atoms with van der Waals surface area (Å²) in [5, 5.41) is 10.1. The Kier molecular flexibility index (Phi) is 4.82. The fourth-order valence-electron chi connectivity index (χ4n) is 2.58. The number of fused-ring (bicyclic) bond motifs is 1. The molecule has 1 heterocycles. The molecular formula is C19H19NO4. The Balaban J connectivity index is 1.69. The van der Waals surface area contributed by atoms with E-state index in [1.807, 2.05) is 53.2 Å². The van der Waals surface area contributed by atoms with Gasteiger partial charge >= 0.3 is 5.97 Å². The third-order valence-corrected chi connectivity index (χ3v) is 3.90. The average molecular weight is 325 g/mol. The van der Waals surface area contributed by atoms with E-state index in [2.05, 4.69) is 0 Å². The molecule has 0 fully saturated rings. The second-order valence-corrected chi connectivity index (χ2v) is 5.42. The highest BCUT2D eigenvalue weighted by atomic mass is 16.5. The van der Waals surface area contributed by atoms with Crippen molar-refractivity contribution in [2.75, 3.05) is 13.7 Å². The molecule has 3 rings (SSSR count). The van der Waals surface area contributed by atoms with Gasteiger partial charge in [0, 0.05) is 11.7 Å². The second-order valence-electron chi connectivity index (χ2n) is 5.42. The van der Waals surface area contributed by atoms with Crippen molar-refractivity contribution in [3.05, 3.63) is 65.9 Å². The number of hydrogen-bond acceptors (Lipinski definition) is 4. The molecule has 24 heavy (non-hydrogen) atoms. The first kappa shape index (κ1) is 16.1. The SMILES string of the molecule is COC(=O)c1ccc2ccn(CCOc3ccc(CO)cc3)c2c1. The third-order valence-electron chi connectivity index (χ3n) is 3.90. The molecule has 0 aliphatic heterocycles. The van der Waals surface area contributed by atoms with E-state index in [1.165, 1.54) is 7.11 Å². The molecule has 124 valence electrons. The number of hydrogen-bond donors (Lipinski definition) is 1. The molecule has 0 saturated carbocycles. The second kappa shape index (κ2) is 7.19. The van der Waals surface area contributed by atoms with Gasteiger partial charge < -0.3 is 19.1 Å². The molecule has 0 atom stereocenters. The highest BCUT2D eigenvalue weighted by Gasteiger charge is 2.08. The van der Waals surface area contributed by atoms with Gasteiger partial charge in [-0.2, -0.15) is 0 Å². The van der Waals surface area contributed by atoms with Crippen LogP contribution in [0.2, 0.25) is 0 Å². The van der Waals surface area contributed by atoms with Gasteiger partial charge in [0.1, 0.15) is 12.4 Å². The molecule has 0 aliphatic rings. The summed E-state index contributed by atoms with van der Waals surface area (Å²) < 4.78 is 12.5. The molecule has 2 aromatic carbocycles. The molecule has 0 unspecified atom stereocenters. The third kappa shape index (κ3) is 3.41. The molecule has 1 N–H and O–H groups in total. The van der Waals surface area contributed by atoms with E-state index in [0.717, 1.165) is 22.2 Å². The number of carbonyl (C=O) groups excluding carboxylic acids is 1. The van der Waals surface area contributed by atoms with Gasteiger partial charge in [-0.1, -0.05) is 18.2 Å². The predicted octanol–water partition coefficient (Wildman–Crippen LogP) is 3.00. The summed E-state index contributed by atoms with van der Waals surface area (Å²) in [6, 6.07) is 14.9. The summed E-state index contributed by atoms with van der Waals surface area (Å²) in [6.45, 7) is 1.19. The normalized spacial score (nSPS) is 10.8. The Bertz CT molecular complexity index is 836. The standard InChI is InChI=1S/C19H19NO4/c1-23-19(22)16-5-4-15-8-9-20(18(15)12-16)10-11-24-17-6-2-14(13-21)3-7-17/h2-9,12,21H,10-11,13H2,1H3. The van der Waals surface area contributed by atoms with Crippen LogP contribution in [-0.2, 0) is 17.9 Å². The van der Waals surface area contributed by atoms with Gasteiger partial charge in [0.2, 0.25) is 0 Å². The molecule has 0 amide bonds. The highest BCUT2D eigenvalue weighted by molar-refractivity contribution is 5.94. The van der Waals surface area contributed by atoms with Crippen molar-refractivity contribution >= 4 is 16.9 Å². The van der Waals surface area contributed by atoms with Crippen LogP contribution in [0.3, 0.4) is 0 Å². The number of nitrogens with zero attached hydrogens (tertiary/aromatic N) is 1. The molecule has 0 aliphatic carbocycles. The Morgan fingerprint density at radius 3 is 2.62 bits per heavy atom. The van der Waals surface area contributed by atoms with E-state index in [-0.39, 0.29) is 12.6 Å². The zero-order valence-corrected chi connectivity index (χ0v) is 13.4. The topological polar surface area (TPSA) is 60.7 Å². The molecule has 3 aromatic rings. The van der Waals surface area contributed by atoms with Gasteiger partial charge in [0.25, 0.3) is 0 Å². The number of ether oxygens (including phenoxy) is 2. The summed E-state index contributed by atoms with van der Waals surface area (Å²) in [5.41, 5.74) is 2.36. The Morgan fingerprint density at radius 1 is 1.12 bits per heavy atom. The van der Waals surface area contributed by atoms with Crippen molar-refractivity contribution < 1.29 is 19.4 Å². The zero-order chi connectivity index (χ0) is 16.9. The summed E-state index contributed by atoms with van der Waals surface area (Å²) in [6.07, 6.45) is 1.98. The molecule has 5 heteroatoms. The summed E-state index contributed by atoms with van der Waals surface area (Å²) >= 11 is 0. The largest absolute Gasteiger partial charge is 0.492 e. The van der Waals surface area contributed by atoms with Gasteiger partial charge in [-0.05, 0) is 41.3 Å². The van der Waals surface area contributed by atoms with Crippen LogP contribution in [0.4, 0.5) is 0 Å². The number of aromatic nitrogens is 1. The summed E-state index contributed by atoms with van der Waals surface area (Å²) in [5.74, 6) is 0.420. The minimum Gasteiger partial charge on any atom is -0.492 e. The van der Waals surface area contributed by atoms with Crippen LogP contribution in [-0.4, -0.2) is 29.4 Å². The lowest BCUT2D eigenvalue weighted by Crippen LogP contribution is -2.08. The van der Waals surface area contributed by atoms with Crippen LogP contribution in [0.25, 0.3) is 10.9 Å². The van der Waals surface area contributed by atoms with Crippen molar-refractivity contribution in [3.63, 3.8) is 0 Å². The van der Waals surface area contributed by atoms with E-state index in [0.29, 0.717) is 18.7 Å².